The van der Waals surface area contributed by atoms with Gasteiger partial charge in [-0.05, 0) is 96.1 Å². The molecule has 0 heterocycles. The minimum absolute atomic E-state index is 0.0297. The van der Waals surface area contributed by atoms with Crippen molar-refractivity contribution < 1.29 is 38.1 Å². The molecule has 0 aromatic heterocycles. The lowest BCUT2D eigenvalue weighted by molar-refractivity contribution is 0.0715. The number of hydrogen-bond donors (Lipinski definition) is 0. The number of rotatable bonds is 9. The van der Waals surface area contributed by atoms with Gasteiger partial charge in [-0.3, -0.25) is 0 Å². The van der Waals surface area contributed by atoms with Gasteiger partial charge in [0.25, 0.3) is 0 Å². The summed E-state index contributed by atoms with van der Waals surface area (Å²) in [5.74, 6) is -1.73. The molecule has 0 unspecified atom stereocenters. The van der Waals surface area contributed by atoms with E-state index in [-0.39, 0.29) is 22.3 Å². The third-order valence-electron chi connectivity index (χ3n) is 6.96. The predicted molar refractivity (Wildman–Crippen MR) is 177 cm³/mol. The number of esters is 4. The smallest absolute Gasteiger partial charge is 0.343 e. The minimum Gasteiger partial charge on any atom is -0.423 e. The first-order valence-corrected chi connectivity index (χ1v) is 14.8. The standard InChI is InChI=1S/C40H26O8/c41-37(45-33-13-5-1-6-14-33)29-21-27(22-30(25-29)38(42)46-34-15-7-2-8-16-34)28-23-31(39(43)47-35-17-9-3-10-18-35)26-32(24-28)40(44)48-36-19-11-4-12-20-36/h1-26H. The van der Waals surface area contributed by atoms with E-state index >= 15 is 0 Å². The van der Waals surface area contributed by atoms with E-state index in [1.807, 2.05) is 0 Å². The molecule has 0 saturated carbocycles. The zero-order valence-electron chi connectivity index (χ0n) is 25.3. The number of carbonyl (C=O) groups excluding carboxylic acids is 4. The van der Waals surface area contributed by atoms with Crippen molar-refractivity contribution in [2.24, 2.45) is 0 Å². The number of carbonyl (C=O) groups is 4. The molecule has 0 aliphatic rings. The lowest BCUT2D eigenvalue weighted by Crippen LogP contribution is -2.14. The van der Waals surface area contributed by atoms with Crippen LogP contribution >= 0.6 is 0 Å². The summed E-state index contributed by atoms with van der Waals surface area (Å²) in [6, 6.07) is 42.6. The zero-order chi connectivity index (χ0) is 33.3. The molecule has 0 fully saturated rings. The van der Waals surface area contributed by atoms with E-state index in [0.717, 1.165) is 0 Å². The van der Waals surface area contributed by atoms with Gasteiger partial charge in [0.2, 0.25) is 0 Å². The molecule has 234 valence electrons. The van der Waals surface area contributed by atoms with Gasteiger partial charge >= 0.3 is 23.9 Å². The molecule has 0 aliphatic heterocycles. The fourth-order valence-corrected chi connectivity index (χ4v) is 4.68. The molecule has 8 heteroatoms. The Hall–Kier alpha value is -6.80. The van der Waals surface area contributed by atoms with Crippen molar-refractivity contribution in [3.05, 3.63) is 180 Å². The second kappa shape index (κ2) is 14.5. The van der Waals surface area contributed by atoms with Gasteiger partial charge in [-0.25, -0.2) is 19.2 Å². The van der Waals surface area contributed by atoms with Crippen molar-refractivity contribution >= 4 is 23.9 Å². The van der Waals surface area contributed by atoms with Crippen molar-refractivity contribution in [3.8, 4) is 34.1 Å². The van der Waals surface area contributed by atoms with E-state index in [0.29, 0.717) is 34.1 Å². The van der Waals surface area contributed by atoms with Crippen LogP contribution in [0.1, 0.15) is 41.4 Å². The molecular formula is C40H26O8. The third-order valence-corrected chi connectivity index (χ3v) is 6.96. The second-order valence-corrected chi connectivity index (χ2v) is 10.4. The highest BCUT2D eigenvalue weighted by molar-refractivity contribution is 6.01. The Morgan fingerprint density at radius 1 is 0.292 bits per heavy atom. The molecule has 0 saturated heterocycles. The number of benzene rings is 6. The highest BCUT2D eigenvalue weighted by Crippen LogP contribution is 2.28. The summed E-state index contributed by atoms with van der Waals surface area (Å²) < 4.78 is 22.2. The highest BCUT2D eigenvalue weighted by atomic mass is 16.5. The average Bonchev–Trinajstić information content (AvgIpc) is 3.13. The molecule has 6 aromatic carbocycles. The monoisotopic (exact) mass is 634 g/mol. The van der Waals surface area contributed by atoms with Crippen LogP contribution < -0.4 is 18.9 Å². The van der Waals surface area contributed by atoms with Crippen molar-refractivity contribution in [1.82, 2.24) is 0 Å². The molecule has 0 aliphatic carbocycles. The molecule has 0 N–H and O–H groups in total. The zero-order valence-corrected chi connectivity index (χ0v) is 25.3. The van der Waals surface area contributed by atoms with Crippen LogP contribution in [-0.2, 0) is 0 Å². The summed E-state index contributed by atoms with van der Waals surface area (Å²) >= 11 is 0. The van der Waals surface area contributed by atoms with Crippen LogP contribution in [0.4, 0.5) is 0 Å². The van der Waals surface area contributed by atoms with E-state index in [1.54, 1.807) is 121 Å². The Morgan fingerprint density at radius 3 is 0.708 bits per heavy atom. The third kappa shape index (κ3) is 7.88. The predicted octanol–water partition coefficient (Wildman–Crippen LogP) is 8.23. The fourth-order valence-electron chi connectivity index (χ4n) is 4.68. The maximum Gasteiger partial charge on any atom is 0.343 e. The first-order valence-electron chi connectivity index (χ1n) is 14.8. The van der Waals surface area contributed by atoms with Crippen LogP contribution in [0, 0.1) is 0 Å². The van der Waals surface area contributed by atoms with E-state index in [1.165, 1.54) is 36.4 Å². The van der Waals surface area contributed by atoms with Crippen LogP contribution in [0.15, 0.2) is 158 Å². The number of hydrogen-bond acceptors (Lipinski definition) is 8. The summed E-state index contributed by atoms with van der Waals surface area (Å²) in [7, 11) is 0. The highest BCUT2D eigenvalue weighted by Gasteiger charge is 2.21. The van der Waals surface area contributed by atoms with Gasteiger partial charge in [-0.15, -0.1) is 0 Å². The number of para-hydroxylation sites is 4. The molecule has 6 rings (SSSR count). The van der Waals surface area contributed by atoms with Gasteiger partial charge < -0.3 is 18.9 Å². The summed E-state index contributed by atoms with van der Waals surface area (Å²) in [6.07, 6.45) is 0. The average molecular weight is 635 g/mol. The van der Waals surface area contributed by atoms with Crippen LogP contribution in [0.5, 0.6) is 23.0 Å². The van der Waals surface area contributed by atoms with E-state index < -0.39 is 23.9 Å². The Morgan fingerprint density at radius 2 is 0.500 bits per heavy atom. The lowest BCUT2D eigenvalue weighted by Gasteiger charge is -2.13. The largest absolute Gasteiger partial charge is 0.423 e. The van der Waals surface area contributed by atoms with Gasteiger partial charge in [0.1, 0.15) is 23.0 Å². The van der Waals surface area contributed by atoms with Gasteiger partial charge in [0.15, 0.2) is 0 Å². The van der Waals surface area contributed by atoms with E-state index in [2.05, 4.69) is 0 Å². The molecular weight excluding hydrogens is 608 g/mol. The van der Waals surface area contributed by atoms with Crippen molar-refractivity contribution in [1.29, 1.82) is 0 Å². The van der Waals surface area contributed by atoms with Crippen molar-refractivity contribution in [2.45, 2.75) is 0 Å². The molecule has 6 aromatic rings. The first kappa shape index (κ1) is 31.2. The van der Waals surface area contributed by atoms with Crippen LogP contribution in [0.25, 0.3) is 11.1 Å². The van der Waals surface area contributed by atoms with Crippen LogP contribution in [0.2, 0.25) is 0 Å². The van der Waals surface area contributed by atoms with Crippen molar-refractivity contribution in [2.75, 3.05) is 0 Å². The Balaban J connectivity index is 1.43. The summed E-state index contributed by atoms with van der Waals surface area (Å²) in [5.41, 5.74) is 0.759. The van der Waals surface area contributed by atoms with Gasteiger partial charge in [0, 0.05) is 0 Å². The van der Waals surface area contributed by atoms with Gasteiger partial charge in [-0.1, -0.05) is 72.8 Å². The maximum atomic E-state index is 13.4. The second-order valence-electron chi connectivity index (χ2n) is 10.4. The minimum atomic E-state index is -0.736. The summed E-state index contributed by atoms with van der Waals surface area (Å²) in [5, 5.41) is 0. The fraction of sp³-hybridized carbons (Fsp3) is 0. The summed E-state index contributed by atoms with van der Waals surface area (Å²) in [4.78, 5) is 53.5. The molecule has 0 spiro atoms. The van der Waals surface area contributed by atoms with Crippen LogP contribution in [0.3, 0.4) is 0 Å². The summed E-state index contributed by atoms with van der Waals surface area (Å²) in [6.45, 7) is 0. The molecule has 8 nitrogen and oxygen atoms in total. The molecule has 0 atom stereocenters. The molecule has 0 amide bonds. The van der Waals surface area contributed by atoms with Crippen LogP contribution in [-0.4, -0.2) is 23.9 Å². The molecule has 0 radical (unpaired) electrons. The lowest BCUT2D eigenvalue weighted by atomic mass is 9.96. The van der Waals surface area contributed by atoms with E-state index in [4.69, 9.17) is 18.9 Å². The SMILES string of the molecule is O=C(Oc1ccccc1)c1cc(C(=O)Oc2ccccc2)cc(-c2cc(C(=O)Oc3ccccc3)cc(C(=O)Oc3ccccc3)c2)c1. The Kier molecular flexibility index (Phi) is 9.44. The van der Waals surface area contributed by atoms with E-state index in [9.17, 15) is 19.2 Å². The topological polar surface area (TPSA) is 105 Å². The number of ether oxygens (including phenoxy) is 4. The quantitative estimate of drug-likeness (QED) is 0.116. The molecule has 0 bridgehead atoms. The normalized spacial score (nSPS) is 10.4. The molecule has 48 heavy (non-hydrogen) atoms. The Labute approximate surface area is 275 Å². The van der Waals surface area contributed by atoms with Gasteiger partial charge in [-0.2, -0.15) is 0 Å². The maximum absolute atomic E-state index is 13.4. The van der Waals surface area contributed by atoms with Crippen molar-refractivity contribution in [3.63, 3.8) is 0 Å². The Bertz CT molecular complexity index is 1780. The first-order chi connectivity index (χ1) is 23.4. The van der Waals surface area contributed by atoms with Gasteiger partial charge in [0.05, 0.1) is 22.3 Å².